The summed E-state index contributed by atoms with van der Waals surface area (Å²) in [6, 6.07) is 3.60. The fourth-order valence-electron chi connectivity index (χ4n) is 3.84. The summed E-state index contributed by atoms with van der Waals surface area (Å²) in [5.41, 5.74) is 0.701. The molecule has 164 valence electrons. The molecule has 30 heavy (non-hydrogen) atoms. The molecule has 1 aromatic rings. The third-order valence-corrected chi connectivity index (χ3v) is 5.09. The van der Waals surface area contributed by atoms with E-state index in [-0.39, 0.29) is 24.2 Å². The second-order valence-corrected chi connectivity index (χ2v) is 8.58. The number of carbonyl (C=O) groups excluding carboxylic acids is 2. The highest BCUT2D eigenvalue weighted by Gasteiger charge is 2.42. The van der Waals surface area contributed by atoms with Crippen molar-refractivity contribution in [1.29, 1.82) is 0 Å². The van der Waals surface area contributed by atoms with Crippen LogP contribution in [0.3, 0.4) is 0 Å². The molecule has 2 atom stereocenters. The molecule has 2 heterocycles. The summed E-state index contributed by atoms with van der Waals surface area (Å²) >= 11 is 0. The zero-order valence-electron chi connectivity index (χ0n) is 17.0. The van der Waals surface area contributed by atoms with Crippen LogP contribution in [0, 0.1) is 5.82 Å². The van der Waals surface area contributed by atoms with E-state index in [1.165, 1.54) is 18.2 Å². The van der Waals surface area contributed by atoms with Crippen LogP contribution in [0.4, 0.5) is 22.4 Å². The molecule has 2 aliphatic rings. The minimum atomic E-state index is -4.97. The summed E-state index contributed by atoms with van der Waals surface area (Å²) in [5.74, 6) is -2.55. The molecule has 2 aliphatic heterocycles. The van der Waals surface area contributed by atoms with Gasteiger partial charge >= 0.3 is 18.2 Å². The van der Waals surface area contributed by atoms with Gasteiger partial charge < -0.3 is 10.1 Å². The number of alkyl halides is 3. The van der Waals surface area contributed by atoms with Crippen molar-refractivity contribution in [2.45, 2.75) is 70.4 Å². The Morgan fingerprint density at radius 3 is 2.50 bits per heavy atom. The number of fused-ring (bicyclic) bond motifs is 2. The van der Waals surface area contributed by atoms with Crippen molar-refractivity contribution in [3.05, 3.63) is 41.2 Å². The van der Waals surface area contributed by atoms with Crippen molar-refractivity contribution in [3.8, 4) is 0 Å². The number of hydrogen-bond acceptors (Lipinski definition) is 3. The van der Waals surface area contributed by atoms with Gasteiger partial charge in [-0.05, 0) is 63.3 Å². The fourth-order valence-corrected chi connectivity index (χ4v) is 3.84. The quantitative estimate of drug-likeness (QED) is 0.718. The van der Waals surface area contributed by atoms with Crippen LogP contribution in [-0.4, -0.2) is 40.8 Å². The molecule has 5 nitrogen and oxygen atoms in total. The number of nitrogens with one attached hydrogen (secondary N) is 1. The lowest BCUT2D eigenvalue weighted by atomic mass is 9.93. The van der Waals surface area contributed by atoms with Crippen molar-refractivity contribution < 1.29 is 31.9 Å². The van der Waals surface area contributed by atoms with Crippen LogP contribution in [0.15, 0.2) is 24.3 Å². The Morgan fingerprint density at radius 1 is 1.20 bits per heavy atom. The van der Waals surface area contributed by atoms with Crippen molar-refractivity contribution >= 4 is 17.6 Å². The molecule has 0 saturated carbocycles. The van der Waals surface area contributed by atoms with Crippen LogP contribution in [0.2, 0.25) is 0 Å². The highest BCUT2D eigenvalue weighted by atomic mass is 19.4. The number of hydrogen-bond donors (Lipinski definition) is 1. The minimum absolute atomic E-state index is 0.127. The summed E-state index contributed by atoms with van der Waals surface area (Å²) in [6.45, 7) is 5.00. The van der Waals surface area contributed by atoms with Crippen LogP contribution < -0.4 is 5.32 Å². The molecule has 1 N–H and O–H groups in total. The molecule has 0 radical (unpaired) electrons. The van der Waals surface area contributed by atoms with Gasteiger partial charge in [-0.3, -0.25) is 9.69 Å². The summed E-state index contributed by atoms with van der Waals surface area (Å²) in [4.78, 5) is 25.2. The molecule has 1 fully saturated rings. The number of nitrogens with zero attached hydrogens (tertiary/aromatic N) is 1. The maximum Gasteiger partial charge on any atom is 0.471 e. The Labute approximate surface area is 172 Å². The Kier molecular flexibility index (Phi) is 5.84. The van der Waals surface area contributed by atoms with Crippen LogP contribution in [0.1, 0.15) is 51.2 Å². The lowest BCUT2D eigenvalue weighted by molar-refractivity contribution is -0.173. The lowest BCUT2D eigenvalue weighted by Crippen LogP contribution is -2.45. The molecule has 0 spiro atoms. The number of halogens is 4. The Bertz CT molecular complexity index is 874. The van der Waals surface area contributed by atoms with Gasteiger partial charge in [-0.2, -0.15) is 13.2 Å². The average molecular weight is 428 g/mol. The number of rotatable bonds is 3. The molecule has 0 aromatic heterocycles. The summed E-state index contributed by atoms with van der Waals surface area (Å²) in [7, 11) is 0. The molecule has 2 unspecified atom stereocenters. The Morgan fingerprint density at radius 2 is 1.90 bits per heavy atom. The van der Waals surface area contributed by atoms with Gasteiger partial charge in [0.1, 0.15) is 11.4 Å². The summed E-state index contributed by atoms with van der Waals surface area (Å²) in [5, 5.41) is 1.79. The van der Waals surface area contributed by atoms with E-state index in [0.29, 0.717) is 17.6 Å². The van der Waals surface area contributed by atoms with Gasteiger partial charge in [-0.15, -0.1) is 0 Å². The van der Waals surface area contributed by atoms with E-state index in [4.69, 9.17) is 4.74 Å². The van der Waals surface area contributed by atoms with E-state index in [1.807, 2.05) is 6.08 Å². The largest absolute Gasteiger partial charge is 0.471 e. The van der Waals surface area contributed by atoms with E-state index >= 15 is 0 Å². The third-order valence-electron chi connectivity index (χ3n) is 5.09. The van der Waals surface area contributed by atoms with E-state index in [1.54, 1.807) is 31.0 Å². The molecule has 0 aliphatic carbocycles. The molecular formula is C21H24F4N2O3. The molecular weight excluding hydrogens is 404 g/mol. The van der Waals surface area contributed by atoms with Crippen molar-refractivity contribution in [2.24, 2.45) is 0 Å². The first-order valence-electron chi connectivity index (χ1n) is 9.71. The van der Waals surface area contributed by atoms with Crippen molar-refractivity contribution in [3.63, 3.8) is 0 Å². The van der Waals surface area contributed by atoms with Gasteiger partial charge in [0.15, 0.2) is 0 Å². The van der Waals surface area contributed by atoms with Crippen LogP contribution in [0.25, 0.3) is 5.57 Å². The summed E-state index contributed by atoms with van der Waals surface area (Å²) < 4.78 is 57.0. The van der Waals surface area contributed by atoms with Gasteiger partial charge in [0.05, 0.1) is 6.04 Å². The number of ether oxygens (including phenoxy) is 1. The topological polar surface area (TPSA) is 58.6 Å². The first-order chi connectivity index (χ1) is 13.8. The van der Waals surface area contributed by atoms with Crippen LogP contribution >= 0.6 is 0 Å². The van der Waals surface area contributed by atoms with E-state index in [2.05, 4.69) is 0 Å². The molecule has 9 heteroatoms. The standard InChI is InChI=1S/C21H24F4N2O3/c1-20(2,3)30-19(29)27-14-5-6-15(27)10-13(9-14)16-8-12(4-7-17(16)22)11-26-18(28)21(23,24)25/h4,7-9,14-15H,5-6,10-11H2,1-3H3,(H,26,28). The van der Waals surface area contributed by atoms with E-state index < -0.39 is 29.6 Å². The SMILES string of the molecule is CC(C)(C)OC(=O)N1C2C=C(c3cc(CNC(=O)C(F)(F)F)ccc3F)CC1CC2. The second kappa shape index (κ2) is 7.92. The monoisotopic (exact) mass is 428 g/mol. The second-order valence-electron chi connectivity index (χ2n) is 8.58. The smallest absolute Gasteiger partial charge is 0.444 e. The van der Waals surface area contributed by atoms with E-state index in [0.717, 1.165) is 12.8 Å². The first kappa shape index (κ1) is 22.1. The molecule has 3 rings (SSSR count). The molecule has 1 aromatic carbocycles. The number of carbonyl (C=O) groups is 2. The zero-order valence-corrected chi connectivity index (χ0v) is 17.0. The van der Waals surface area contributed by atoms with Gasteiger partial charge in [0, 0.05) is 18.2 Å². The highest BCUT2D eigenvalue weighted by Crippen LogP contribution is 2.40. The first-order valence-corrected chi connectivity index (χ1v) is 9.71. The molecule has 2 bridgehead atoms. The van der Waals surface area contributed by atoms with Gasteiger partial charge in [-0.1, -0.05) is 12.1 Å². The van der Waals surface area contributed by atoms with Gasteiger partial charge in [0.2, 0.25) is 0 Å². The van der Waals surface area contributed by atoms with Crippen LogP contribution in [0.5, 0.6) is 0 Å². The number of amides is 2. The Balaban J connectivity index is 1.78. The highest BCUT2D eigenvalue weighted by molar-refractivity contribution is 5.81. The minimum Gasteiger partial charge on any atom is -0.444 e. The third kappa shape index (κ3) is 4.94. The average Bonchev–Trinajstić information content (AvgIpc) is 2.89. The maximum atomic E-state index is 14.5. The predicted molar refractivity (Wildman–Crippen MR) is 102 cm³/mol. The van der Waals surface area contributed by atoms with Crippen LogP contribution in [-0.2, 0) is 16.1 Å². The van der Waals surface area contributed by atoms with E-state index in [9.17, 15) is 27.2 Å². The number of benzene rings is 1. The molecule has 2 amide bonds. The van der Waals surface area contributed by atoms with Gasteiger partial charge in [-0.25, -0.2) is 9.18 Å². The predicted octanol–water partition coefficient (Wildman–Crippen LogP) is 4.56. The summed E-state index contributed by atoms with van der Waals surface area (Å²) in [6.07, 6.45) is -1.65. The van der Waals surface area contributed by atoms with Gasteiger partial charge in [0.25, 0.3) is 0 Å². The molecule has 1 saturated heterocycles. The lowest BCUT2D eigenvalue weighted by Gasteiger charge is -2.35. The maximum absolute atomic E-state index is 14.5. The van der Waals surface area contributed by atoms with Crippen molar-refractivity contribution in [2.75, 3.05) is 0 Å². The normalized spacial score (nSPS) is 21.3. The van der Waals surface area contributed by atoms with Crippen molar-refractivity contribution in [1.82, 2.24) is 10.2 Å². The fraction of sp³-hybridized carbons (Fsp3) is 0.524. The zero-order chi connectivity index (χ0) is 22.3. The Hall–Kier alpha value is -2.58.